The third kappa shape index (κ3) is 5.46. The van der Waals surface area contributed by atoms with Crippen LogP contribution in [-0.4, -0.2) is 42.0 Å². The molecule has 1 fully saturated rings. The van der Waals surface area contributed by atoms with Crippen molar-refractivity contribution in [2.75, 3.05) is 25.9 Å². The first-order valence-electron chi connectivity index (χ1n) is 10.9. The summed E-state index contributed by atoms with van der Waals surface area (Å²) in [6.45, 7) is 1.63. The van der Waals surface area contributed by atoms with Gasteiger partial charge in [0, 0.05) is 28.9 Å². The van der Waals surface area contributed by atoms with E-state index in [4.69, 9.17) is 22.1 Å². The van der Waals surface area contributed by atoms with Crippen molar-refractivity contribution in [2.45, 2.75) is 25.5 Å². The van der Waals surface area contributed by atoms with Crippen molar-refractivity contribution >= 4 is 23.3 Å². The molecule has 0 aliphatic carbocycles. The van der Waals surface area contributed by atoms with Gasteiger partial charge >= 0.3 is 0 Å². The fourth-order valence-corrected chi connectivity index (χ4v) is 4.02. The van der Waals surface area contributed by atoms with Crippen LogP contribution >= 0.6 is 11.6 Å². The highest BCUT2D eigenvalue weighted by Crippen LogP contribution is 2.30. The van der Waals surface area contributed by atoms with E-state index in [0.29, 0.717) is 11.1 Å². The van der Waals surface area contributed by atoms with Gasteiger partial charge in [0.1, 0.15) is 18.2 Å². The number of ether oxygens (including phenoxy) is 1. The van der Waals surface area contributed by atoms with Crippen molar-refractivity contribution in [3.63, 3.8) is 0 Å². The minimum Gasteiger partial charge on any atom is -0.485 e. The lowest BCUT2D eigenvalue weighted by Gasteiger charge is -2.29. The predicted octanol–water partition coefficient (Wildman–Crippen LogP) is 4.67. The number of halogens is 3. The van der Waals surface area contributed by atoms with Crippen LogP contribution in [0, 0.1) is 11.6 Å². The summed E-state index contributed by atoms with van der Waals surface area (Å²) in [4.78, 5) is 19.0. The molecule has 0 bridgehead atoms. The first-order chi connectivity index (χ1) is 16.3. The summed E-state index contributed by atoms with van der Waals surface area (Å²) in [6, 6.07) is 10.9. The molecular weight excluding hydrogens is 462 g/mol. The third-order valence-corrected chi connectivity index (χ3v) is 6.34. The smallest absolute Gasteiger partial charge is 0.251 e. The molecule has 0 atom stereocenters. The molecule has 3 N–H and O–H groups in total. The standard InChI is InChI=1S/C25H25ClF2N4O2/c1-32-10-8-18(9-11-32)31-25(33)16-4-2-15(3-5-16)17-12-22(24(29)30-13-17)34-14-19-20(27)6-7-21(28)23(19)26/h2-7,12-13,18H,8-11,14H2,1H3,(H2,29,30)(H,31,33). The minimum atomic E-state index is -0.735. The Kier molecular flexibility index (Phi) is 7.29. The number of benzene rings is 2. The van der Waals surface area contributed by atoms with Crippen LogP contribution in [0.5, 0.6) is 5.75 Å². The average molecular weight is 487 g/mol. The molecule has 6 nitrogen and oxygen atoms in total. The predicted molar refractivity (Wildman–Crippen MR) is 128 cm³/mol. The number of nitrogens with zero attached hydrogens (tertiary/aromatic N) is 2. The summed E-state index contributed by atoms with van der Waals surface area (Å²) in [5.41, 5.74) is 7.86. The van der Waals surface area contributed by atoms with Gasteiger partial charge in [-0.2, -0.15) is 0 Å². The van der Waals surface area contributed by atoms with Gasteiger partial charge in [0.25, 0.3) is 5.91 Å². The molecule has 1 aliphatic heterocycles. The van der Waals surface area contributed by atoms with Crippen molar-refractivity contribution in [3.8, 4) is 16.9 Å². The van der Waals surface area contributed by atoms with Crippen molar-refractivity contribution in [3.05, 3.63) is 76.4 Å². The first-order valence-corrected chi connectivity index (χ1v) is 11.3. The number of likely N-dealkylation sites (tertiary alicyclic amines) is 1. The van der Waals surface area contributed by atoms with Gasteiger partial charge in [-0.1, -0.05) is 23.7 Å². The second-order valence-corrected chi connectivity index (χ2v) is 8.72. The van der Waals surface area contributed by atoms with Crippen LogP contribution in [0.25, 0.3) is 11.1 Å². The van der Waals surface area contributed by atoms with Crippen LogP contribution in [-0.2, 0) is 6.61 Å². The summed E-state index contributed by atoms with van der Waals surface area (Å²) in [5, 5.41) is 2.76. The number of nitrogen functional groups attached to an aromatic ring is 1. The Morgan fingerprint density at radius 3 is 2.53 bits per heavy atom. The molecule has 2 heterocycles. The number of nitrogens with one attached hydrogen (secondary N) is 1. The van der Waals surface area contributed by atoms with E-state index in [9.17, 15) is 13.6 Å². The number of rotatable bonds is 6. The molecule has 1 amide bonds. The highest BCUT2D eigenvalue weighted by molar-refractivity contribution is 6.31. The maximum Gasteiger partial charge on any atom is 0.251 e. The molecule has 0 unspecified atom stereocenters. The first kappa shape index (κ1) is 23.9. The number of hydrogen-bond acceptors (Lipinski definition) is 5. The Bertz CT molecular complexity index is 1180. The van der Waals surface area contributed by atoms with Crippen LogP contribution in [0.15, 0.2) is 48.7 Å². The fourth-order valence-electron chi connectivity index (χ4n) is 3.82. The monoisotopic (exact) mass is 486 g/mol. The van der Waals surface area contributed by atoms with E-state index in [1.54, 1.807) is 24.4 Å². The molecule has 0 saturated carbocycles. The molecule has 0 radical (unpaired) electrons. The molecule has 1 aliphatic rings. The summed E-state index contributed by atoms with van der Waals surface area (Å²) in [5.74, 6) is -1.20. The molecule has 34 heavy (non-hydrogen) atoms. The number of piperidine rings is 1. The maximum atomic E-state index is 14.0. The van der Waals surface area contributed by atoms with Crippen molar-refractivity contribution < 1.29 is 18.3 Å². The van der Waals surface area contributed by atoms with Crippen molar-refractivity contribution in [1.82, 2.24) is 15.2 Å². The zero-order valence-electron chi connectivity index (χ0n) is 18.7. The highest BCUT2D eigenvalue weighted by Gasteiger charge is 2.19. The molecule has 0 spiro atoms. The second kappa shape index (κ2) is 10.4. The molecular formula is C25H25ClF2N4O2. The highest BCUT2D eigenvalue weighted by atomic mass is 35.5. The van der Waals surface area contributed by atoms with E-state index in [-0.39, 0.29) is 40.7 Å². The number of nitrogens with two attached hydrogens (primary N) is 1. The largest absolute Gasteiger partial charge is 0.485 e. The normalized spacial score (nSPS) is 14.7. The number of pyridine rings is 1. The van der Waals surface area contributed by atoms with Gasteiger partial charge in [-0.05, 0) is 68.9 Å². The lowest BCUT2D eigenvalue weighted by atomic mass is 10.0. The number of anilines is 1. The van der Waals surface area contributed by atoms with Gasteiger partial charge in [0.2, 0.25) is 0 Å². The summed E-state index contributed by atoms with van der Waals surface area (Å²) in [6.07, 6.45) is 3.45. The van der Waals surface area contributed by atoms with Crippen molar-refractivity contribution in [2.24, 2.45) is 0 Å². The average Bonchev–Trinajstić information content (AvgIpc) is 2.84. The van der Waals surface area contributed by atoms with E-state index in [1.807, 2.05) is 12.1 Å². The van der Waals surface area contributed by atoms with Crippen LogP contribution in [0.1, 0.15) is 28.8 Å². The van der Waals surface area contributed by atoms with E-state index in [2.05, 4.69) is 22.2 Å². The van der Waals surface area contributed by atoms with Gasteiger partial charge in [-0.15, -0.1) is 0 Å². The molecule has 1 aromatic heterocycles. The molecule has 4 rings (SSSR count). The fraction of sp³-hybridized carbons (Fsp3) is 0.280. The molecule has 3 aromatic rings. The van der Waals surface area contributed by atoms with Gasteiger partial charge in [0.15, 0.2) is 11.6 Å². The van der Waals surface area contributed by atoms with E-state index < -0.39 is 11.6 Å². The quantitative estimate of drug-likeness (QED) is 0.495. The van der Waals surface area contributed by atoms with Gasteiger partial charge in [-0.25, -0.2) is 13.8 Å². The summed E-state index contributed by atoms with van der Waals surface area (Å²) >= 11 is 5.86. The number of carbonyl (C=O) groups is 1. The number of hydrogen-bond donors (Lipinski definition) is 2. The van der Waals surface area contributed by atoms with E-state index in [0.717, 1.165) is 43.6 Å². The SMILES string of the molecule is CN1CCC(NC(=O)c2ccc(-c3cnc(N)c(OCc4c(F)ccc(F)c4Cl)c3)cc2)CC1. The molecule has 9 heteroatoms. The minimum absolute atomic E-state index is 0.102. The Morgan fingerprint density at radius 1 is 1.15 bits per heavy atom. The van der Waals surface area contributed by atoms with Crippen molar-refractivity contribution in [1.29, 1.82) is 0 Å². The van der Waals surface area contributed by atoms with E-state index >= 15 is 0 Å². The maximum absolute atomic E-state index is 14.0. The topological polar surface area (TPSA) is 80.5 Å². The Morgan fingerprint density at radius 2 is 1.82 bits per heavy atom. The number of aromatic nitrogens is 1. The second-order valence-electron chi connectivity index (χ2n) is 8.35. The Labute approximate surface area is 201 Å². The lowest BCUT2D eigenvalue weighted by Crippen LogP contribution is -2.43. The van der Waals surface area contributed by atoms with Gasteiger partial charge in [0.05, 0.1) is 5.02 Å². The summed E-state index contributed by atoms with van der Waals surface area (Å²) < 4.78 is 33.3. The van der Waals surface area contributed by atoms with Crippen LogP contribution < -0.4 is 15.8 Å². The summed E-state index contributed by atoms with van der Waals surface area (Å²) in [7, 11) is 2.08. The molecule has 178 valence electrons. The van der Waals surface area contributed by atoms with Crippen LogP contribution in [0.4, 0.5) is 14.6 Å². The number of carbonyl (C=O) groups excluding carboxylic acids is 1. The number of amides is 1. The zero-order chi connectivity index (χ0) is 24.2. The zero-order valence-corrected chi connectivity index (χ0v) is 19.4. The Hall–Kier alpha value is -3.23. The van der Waals surface area contributed by atoms with Gasteiger partial charge in [-0.3, -0.25) is 4.79 Å². The Balaban J connectivity index is 1.45. The van der Waals surface area contributed by atoms with Crippen LogP contribution in [0.2, 0.25) is 5.02 Å². The molecule has 1 saturated heterocycles. The third-order valence-electron chi connectivity index (χ3n) is 5.93. The lowest BCUT2D eigenvalue weighted by molar-refractivity contribution is 0.0917. The van der Waals surface area contributed by atoms with Crippen LogP contribution in [0.3, 0.4) is 0 Å². The van der Waals surface area contributed by atoms with Gasteiger partial charge < -0.3 is 20.7 Å². The molecule has 2 aromatic carbocycles. The van der Waals surface area contributed by atoms with E-state index in [1.165, 1.54) is 0 Å².